The first-order chi connectivity index (χ1) is 13.7. The van der Waals surface area contributed by atoms with Gasteiger partial charge in [-0.25, -0.2) is 8.42 Å². The Bertz CT molecular complexity index is 806. The van der Waals surface area contributed by atoms with Crippen LogP contribution in [0.1, 0.15) is 25.7 Å². The molecule has 2 heterocycles. The summed E-state index contributed by atoms with van der Waals surface area (Å²) >= 11 is 0. The van der Waals surface area contributed by atoms with Gasteiger partial charge in [0.1, 0.15) is 12.4 Å². The number of halogens is 3. The molecule has 0 aliphatic carbocycles. The minimum atomic E-state index is -4.83. The number of ether oxygens (including phenoxy) is 2. The van der Waals surface area contributed by atoms with Crippen molar-refractivity contribution in [1.29, 1.82) is 0 Å². The Balaban J connectivity index is 1.51. The van der Waals surface area contributed by atoms with E-state index in [2.05, 4.69) is 10.2 Å². The van der Waals surface area contributed by atoms with Crippen molar-refractivity contribution in [2.75, 3.05) is 26.3 Å². The van der Waals surface area contributed by atoms with Crippen LogP contribution in [0.2, 0.25) is 0 Å². The third-order valence-corrected chi connectivity index (χ3v) is 6.49. The molecular formula is C18H23F3N2O5S. The summed E-state index contributed by atoms with van der Waals surface area (Å²) in [5.74, 6) is -0.472. The maximum absolute atomic E-state index is 12.7. The van der Waals surface area contributed by atoms with Gasteiger partial charge in [0.15, 0.2) is 0 Å². The number of sulfonamides is 1. The molecule has 0 radical (unpaired) electrons. The van der Waals surface area contributed by atoms with Gasteiger partial charge in [-0.05, 0) is 49.6 Å². The number of alkyl halides is 3. The highest BCUT2D eigenvalue weighted by molar-refractivity contribution is 7.89. The van der Waals surface area contributed by atoms with Crippen LogP contribution in [0.25, 0.3) is 0 Å². The van der Waals surface area contributed by atoms with Crippen LogP contribution in [0.3, 0.4) is 0 Å². The van der Waals surface area contributed by atoms with E-state index in [1.807, 2.05) is 0 Å². The fourth-order valence-corrected chi connectivity index (χ4v) is 4.47. The second-order valence-corrected chi connectivity index (χ2v) is 8.70. The van der Waals surface area contributed by atoms with Gasteiger partial charge in [0.05, 0.1) is 11.0 Å². The molecule has 0 bridgehead atoms. The molecule has 1 aromatic rings. The van der Waals surface area contributed by atoms with Crippen LogP contribution in [0.4, 0.5) is 13.2 Å². The highest BCUT2D eigenvalue weighted by atomic mass is 32.2. The fourth-order valence-electron chi connectivity index (χ4n) is 3.09. The normalized spacial score (nSPS) is 21.5. The van der Waals surface area contributed by atoms with Crippen molar-refractivity contribution in [2.24, 2.45) is 0 Å². The van der Waals surface area contributed by atoms with Gasteiger partial charge in [-0.3, -0.25) is 10.3 Å². The van der Waals surface area contributed by atoms with Crippen molar-refractivity contribution in [1.82, 2.24) is 9.79 Å². The van der Waals surface area contributed by atoms with Crippen molar-refractivity contribution in [3.8, 4) is 5.75 Å². The Kier molecular flexibility index (Phi) is 7.04. The first kappa shape index (κ1) is 21.9. The molecule has 2 aliphatic rings. The number of nitrogens with zero attached hydrogens (tertiary/aromatic N) is 1. The van der Waals surface area contributed by atoms with Crippen molar-refractivity contribution >= 4 is 10.0 Å². The van der Waals surface area contributed by atoms with E-state index in [4.69, 9.17) is 9.57 Å². The minimum absolute atomic E-state index is 0.0709. The Morgan fingerprint density at radius 3 is 2.55 bits per heavy atom. The highest BCUT2D eigenvalue weighted by Crippen LogP contribution is 2.26. The van der Waals surface area contributed by atoms with Gasteiger partial charge in [0.25, 0.3) is 0 Å². The van der Waals surface area contributed by atoms with Gasteiger partial charge in [0, 0.05) is 31.8 Å². The van der Waals surface area contributed by atoms with E-state index in [-0.39, 0.29) is 24.1 Å². The molecule has 1 atom stereocenters. The van der Waals surface area contributed by atoms with E-state index in [0.29, 0.717) is 13.0 Å². The third-order valence-electron chi connectivity index (χ3n) is 4.61. The van der Waals surface area contributed by atoms with Crippen LogP contribution in [0.15, 0.2) is 40.9 Å². The summed E-state index contributed by atoms with van der Waals surface area (Å²) in [5, 5.41) is 0. The average molecular weight is 436 g/mol. The Morgan fingerprint density at radius 2 is 1.97 bits per heavy atom. The van der Waals surface area contributed by atoms with E-state index in [1.165, 1.54) is 4.31 Å². The lowest BCUT2D eigenvalue weighted by molar-refractivity contribution is -0.274. The fraction of sp³-hybridized carbons (Fsp3) is 0.556. The van der Waals surface area contributed by atoms with Gasteiger partial charge in [-0.15, -0.1) is 13.2 Å². The molecule has 0 amide bonds. The maximum Gasteiger partial charge on any atom is 0.573 e. The molecule has 29 heavy (non-hydrogen) atoms. The monoisotopic (exact) mass is 436 g/mol. The first-order valence-corrected chi connectivity index (χ1v) is 10.7. The molecule has 3 rings (SSSR count). The molecule has 11 heteroatoms. The van der Waals surface area contributed by atoms with Crippen LogP contribution < -0.4 is 10.2 Å². The van der Waals surface area contributed by atoms with Crippen molar-refractivity contribution < 1.29 is 35.9 Å². The summed E-state index contributed by atoms with van der Waals surface area (Å²) in [6, 6.07) is 4.16. The van der Waals surface area contributed by atoms with E-state index in [0.717, 1.165) is 55.8 Å². The molecule has 0 spiro atoms. The lowest BCUT2D eigenvalue weighted by Crippen LogP contribution is -2.37. The predicted octanol–water partition coefficient (Wildman–Crippen LogP) is 2.95. The van der Waals surface area contributed by atoms with Crippen LogP contribution in [-0.2, 0) is 19.6 Å². The molecule has 162 valence electrons. The van der Waals surface area contributed by atoms with Crippen LogP contribution in [0.5, 0.6) is 5.75 Å². The predicted molar refractivity (Wildman–Crippen MR) is 97.3 cm³/mol. The van der Waals surface area contributed by atoms with Gasteiger partial charge in [0.2, 0.25) is 10.0 Å². The lowest BCUT2D eigenvalue weighted by atomic mass is 10.1. The van der Waals surface area contributed by atoms with Gasteiger partial charge < -0.3 is 9.47 Å². The molecule has 1 unspecified atom stereocenters. The van der Waals surface area contributed by atoms with Crippen LogP contribution in [-0.4, -0.2) is 51.5 Å². The Hall–Kier alpha value is -1.82. The third kappa shape index (κ3) is 6.33. The van der Waals surface area contributed by atoms with Crippen molar-refractivity contribution in [3.05, 3.63) is 36.0 Å². The largest absolute Gasteiger partial charge is 0.573 e. The number of benzene rings is 1. The highest BCUT2D eigenvalue weighted by Gasteiger charge is 2.31. The van der Waals surface area contributed by atoms with Crippen molar-refractivity contribution in [2.45, 2.75) is 43.0 Å². The molecule has 7 nitrogen and oxygen atoms in total. The average Bonchev–Trinajstić information content (AvgIpc) is 2.68. The first-order valence-electron chi connectivity index (χ1n) is 9.28. The second kappa shape index (κ2) is 9.33. The van der Waals surface area contributed by atoms with Gasteiger partial charge in [-0.2, -0.15) is 4.31 Å². The van der Waals surface area contributed by atoms with Crippen LogP contribution >= 0.6 is 0 Å². The zero-order valence-electron chi connectivity index (χ0n) is 15.7. The summed E-state index contributed by atoms with van der Waals surface area (Å²) in [6.07, 6.45) is 0.530. The number of hydrogen-bond acceptors (Lipinski definition) is 6. The SMILES string of the molecule is O=S(=O)(c1ccc(OC(F)(F)F)cc1)N1CC=C(NOCC2CCCCO2)CC1. The summed E-state index contributed by atoms with van der Waals surface area (Å²) in [4.78, 5) is 5.36. The smallest absolute Gasteiger partial charge is 0.406 e. The molecule has 1 aromatic carbocycles. The summed E-state index contributed by atoms with van der Waals surface area (Å²) in [7, 11) is -3.82. The minimum Gasteiger partial charge on any atom is -0.406 e. The van der Waals surface area contributed by atoms with E-state index < -0.39 is 22.1 Å². The molecule has 0 aromatic heterocycles. The van der Waals surface area contributed by atoms with E-state index >= 15 is 0 Å². The lowest BCUT2D eigenvalue weighted by Gasteiger charge is -2.27. The standard InChI is InChI=1S/C18H23F3N2O5S/c19-18(20,21)28-15-4-6-17(7-5-15)29(24,25)23-10-8-14(9-11-23)22-27-13-16-3-1-2-12-26-16/h4-8,16,22H,1-3,9-13H2. The van der Waals surface area contributed by atoms with E-state index in [1.54, 1.807) is 6.08 Å². The molecule has 1 saturated heterocycles. The summed E-state index contributed by atoms with van der Waals surface area (Å²) in [6.45, 7) is 1.53. The summed E-state index contributed by atoms with van der Waals surface area (Å²) < 4.78 is 72.6. The van der Waals surface area contributed by atoms with Gasteiger partial charge in [-0.1, -0.05) is 0 Å². The molecule has 2 aliphatic heterocycles. The zero-order valence-corrected chi connectivity index (χ0v) is 16.5. The Morgan fingerprint density at radius 1 is 1.21 bits per heavy atom. The molecule has 1 N–H and O–H groups in total. The quantitative estimate of drug-likeness (QED) is 0.663. The number of hydroxylamine groups is 1. The number of hydrogen-bond donors (Lipinski definition) is 1. The van der Waals surface area contributed by atoms with Crippen LogP contribution in [0, 0.1) is 0 Å². The molecule has 0 saturated carbocycles. The van der Waals surface area contributed by atoms with E-state index in [9.17, 15) is 21.6 Å². The molecule has 1 fully saturated rings. The van der Waals surface area contributed by atoms with Crippen molar-refractivity contribution in [3.63, 3.8) is 0 Å². The second-order valence-electron chi connectivity index (χ2n) is 6.76. The van der Waals surface area contributed by atoms with Gasteiger partial charge >= 0.3 is 6.36 Å². The molecular weight excluding hydrogens is 413 g/mol. The zero-order chi connectivity index (χ0) is 20.9. The maximum atomic E-state index is 12.7. The topological polar surface area (TPSA) is 77.1 Å². The summed E-state index contributed by atoms with van der Waals surface area (Å²) in [5.41, 5.74) is 3.63. The number of nitrogens with one attached hydrogen (secondary N) is 1. The Labute approximate surface area is 167 Å². The number of rotatable bonds is 7.